The van der Waals surface area contributed by atoms with E-state index >= 15 is 0 Å². The van der Waals surface area contributed by atoms with E-state index in [2.05, 4.69) is 6.92 Å². The molecule has 0 N–H and O–H groups in total. The molecule has 15 heteroatoms. The summed E-state index contributed by atoms with van der Waals surface area (Å²) in [4.78, 5) is 23.0. The van der Waals surface area contributed by atoms with Crippen LogP contribution in [0.5, 0.6) is 0 Å². The fourth-order valence-corrected chi connectivity index (χ4v) is 3.53. The smallest absolute Gasteiger partial charge is 0.332 e. The highest BCUT2D eigenvalue weighted by molar-refractivity contribution is 5.71. The van der Waals surface area contributed by atoms with Crippen LogP contribution in [0, 0.1) is 0 Å². The molecule has 0 aliphatic heterocycles. The summed E-state index contributed by atoms with van der Waals surface area (Å²) in [6, 6.07) is 0. The molecular formula is C34H66O15. The first kappa shape index (κ1) is 47.5. The second-order valence-corrected chi connectivity index (χ2v) is 11.4. The SMILES string of the molecule is CCCCCC(=O)OCCOCCOCCOCCOCCOCCOCCOCCOCCOCCOCCOCC(=O)OC(C)(C)C. The zero-order valence-corrected chi connectivity index (χ0v) is 30.7. The first-order valence-corrected chi connectivity index (χ1v) is 17.6. The Kier molecular flexibility index (Phi) is 36.6. The molecule has 49 heavy (non-hydrogen) atoms. The number of carbonyl (C=O) groups is 2. The van der Waals surface area contributed by atoms with E-state index < -0.39 is 5.60 Å². The van der Waals surface area contributed by atoms with Crippen molar-refractivity contribution in [1.29, 1.82) is 0 Å². The molecule has 292 valence electrons. The number of unbranched alkanes of at least 4 members (excludes halogenated alkanes) is 2. The minimum atomic E-state index is -0.514. The van der Waals surface area contributed by atoms with Gasteiger partial charge in [-0.3, -0.25) is 4.79 Å². The molecule has 0 amide bonds. The number of carbonyl (C=O) groups excluding carboxylic acids is 2. The van der Waals surface area contributed by atoms with Crippen LogP contribution in [0.4, 0.5) is 0 Å². The Morgan fingerprint density at radius 3 is 0.959 bits per heavy atom. The van der Waals surface area contributed by atoms with Crippen LogP contribution in [0.15, 0.2) is 0 Å². The third-order valence-electron chi connectivity index (χ3n) is 5.84. The summed E-state index contributed by atoms with van der Waals surface area (Å²) < 4.78 is 69.9. The van der Waals surface area contributed by atoms with Gasteiger partial charge in [-0.05, 0) is 27.2 Å². The highest BCUT2D eigenvalue weighted by atomic mass is 16.6. The van der Waals surface area contributed by atoms with Gasteiger partial charge in [-0.2, -0.15) is 0 Å². The third-order valence-corrected chi connectivity index (χ3v) is 5.84. The van der Waals surface area contributed by atoms with Gasteiger partial charge in [0.15, 0.2) is 0 Å². The van der Waals surface area contributed by atoms with Crippen LogP contribution in [-0.4, -0.2) is 169 Å². The zero-order valence-electron chi connectivity index (χ0n) is 30.7. The summed E-state index contributed by atoms with van der Waals surface area (Å²) >= 11 is 0. The summed E-state index contributed by atoms with van der Waals surface area (Å²) in [5.74, 6) is -0.553. The first-order valence-electron chi connectivity index (χ1n) is 17.6. The number of hydrogen-bond acceptors (Lipinski definition) is 15. The molecule has 0 spiro atoms. The maximum atomic E-state index is 11.5. The van der Waals surface area contributed by atoms with Gasteiger partial charge in [0.2, 0.25) is 0 Å². The molecule has 0 aromatic rings. The van der Waals surface area contributed by atoms with Crippen LogP contribution in [-0.2, 0) is 71.2 Å². The standard InChI is InChI=1S/C34H66O15/c1-5-6-7-8-32(35)48-30-29-46-26-25-44-22-21-42-18-17-40-14-13-38-10-9-37-11-12-39-15-16-41-19-20-43-23-24-45-27-28-47-31-33(36)49-34(2,3)4/h5-31H2,1-4H3. The zero-order chi connectivity index (χ0) is 35.9. The molecule has 0 aliphatic carbocycles. The lowest BCUT2D eigenvalue weighted by Gasteiger charge is -2.19. The molecule has 0 aromatic carbocycles. The van der Waals surface area contributed by atoms with Crippen LogP contribution in [0.3, 0.4) is 0 Å². The van der Waals surface area contributed by atoms with Crippen LogP contribution in [0.25, 0.3) is 0 Å². The topological polar surface area (TPSA) is 154 Å². The maximum absolute atomic E-state index is 11.5. The van der Waals surface area contributed by atoms with Crippen molar-refractivity contribution in [2.45, 2.75) is 59.0 Å². The van der Waals surface area contributed by atoms with Crippen molar-refractivity contribution in [3.63, 3.8) is 0 Å². The molecule has 0 bridgehead atoms. The highest BCUT2D eigenvalue weighted by Crippen LogP contribution is 2.06. The van der Waals surface area contributed by atoms with Gasteiger partial charge in [0.1, 0.15) is 18.8 Å². The van der Waals surface area contributed by atoms with Gasteiger partial charge >= 0.3 is 11.9 Å². The van der Waals surface area contributed by atoms with E-state index in [0.29, 0.717) is 145 Å². The molecule has 0 saturated heterocycles. The number of rotatable bonds is 39. The van der Waals surface area contributed by atoms with Gasteiger partial charge in [-0.15, -0.1) is 0 Å². The minimum Gasteiger partial charge on any atom is -0.463 e. The molecule has 0 saturated carbocycles. The Bertz CT molecular complexity index is 706. The van der Waals surface area contributed by atoms with E-state index in [1.54, 1.807) is 0 Å². The Morgan fingerprint density at radius 2 is 0.673 bits per heavy atom. The molecule has 0 aliphatic rings. The molecule has 0 fully saturated rings. The minimum absolute atomic E-state index is 0.0864. The van der Waals surface area contributed by atoms with Crippen molar-refractivity contribution < 1.29 is 71.2 Å². The summed E-state index contributed by atoms with van der Waals surface area (Å²) in [5.41, 5.74) is -0.514. The molecule has 0 unspecified atom stereocenters. The molecule has 0 atom stereocenters. The lowest BCUT2D eigenvalue weighted by atomic mass is 10.2. The summed E-state index contributed by atoms with van der Waals surface area (Å²) in [6.07, 6.45) is 3.48. The van der Waals surface area contributed by atoms with Crippen molar-refractivity contribution in [1.82, 2.24) is 0 Å². The Hall–Kier alpha value is -1.50. The van der Waals surface area contributed by atoms with Gasteiger partial charge in [0.05, 0.1) is 139 Å². The Morgan fingerprint density at radius 1 is 0.388 bits per heavy atom. The molecule has 0 radical (unpaired) electrons. The van der Waals surface area contributed by atoms with E-state index in [4.69, 9.17) is 61.6 Å². The van der Waals surface area contributed by atoms with Gasteiger partial charge in [-0.1, -0.05) is 19.8 Å². The van der Waals surface area contributed by atoms with E-state index in [-0.39, 0.29) is 25.2 Å². The van der Waals surface area contributed by atoms with Crippen LogP contribution in [0.1, 0.15) is 53.4 Å². The normalized spacial score (nSPS) is 11.7. The van der Waals surface area contributed by atoms with Crippen molar-refractivity contribution in [2.75, 3.05) is 152 Å². The van der Waals surface area contributed by atoms with Crippen LogP contribution < -0.4 is 0 Å². The van der Waals surface area contributed by atoms with E-state index in [0.717, 1.165) is 19.3 Å². The fraction of sp³-hybridized carbons (Fsp3) is 0.941. The molecule has 0 heterocycles. The average molecular weight is 715 g/mol. The first-order chi connectivity index (χ1) is 23.8. The predicted molar refractivity (Wildman–Crippen MR) is 180 cm³/mol. The quantitative estimate of drug-likeness (QED) is 0.0677. The van der Waals surface area contributed by atoms with E-state index in [1.807, 2.05) is 20.8 Å². The lowest BCUT2D eigenvalue weighted by molar-refractivity contribution is -0.160. The fourth-order valence-electron chi connectivity index (χ4n) is 3.53. The van der Waals surface area contributed by atoms with Gasteiger partial charge in [0, 0.05) is 6.42 Å². The summed E-state index contributed by atoms with van der Waals surface area (Å²) in [7, 11) is 0. The second-order valence-electron chi connectivity index (χ2n) is 11.4. The molecule has 15 nitrogen and oxygen atoms in total. The summed E-state index contributed by atoms with van der Waals surface area (Å²) in [5, 5.41) is 0. The summed E-state index contributed by atoms with van der Waals surface area (Å²) in [6.45, 7) is 17.3. The largest absolute Gasteiger partial charge is 0.463 e. The molecular weight excluding hydrogens is 648 g/mol. The highest BCUT2D eigenvalue weighted by Gasteiger charge is 2.15. The van der Waals surface area contributed by atoms with E-state index in [1.165, 1.54) is 0 Å². The van der Waals surface area contributed by atoms with Crippen molar-refractivity contribution in [3.8, 4) is 0 Å². The number of esters is 2. The van der Waals surface area contributed by atoms with E-state index in [9.17, 15) is 9.59 Å². The molecule has 0 aromatic heterocycles. The monoisotopic (exact) mass is 714 g/mol. The third kappa shape index (κ3) is 42.6. The van der Waals surface area contributed by atoms with Crippen molar-refractivity contribution >= 4 is 11.9 Å². The van der Waals surface area contributed by atoms with Gasteiger partial charge < -0.3 is 61.6 Å². The van der Waals surface area contributed by atoms with Crippen molar-refractivity contribution in [3.05, 3.63) is 0 Å². The average Bonchev–Trinajstić information content (AvgIpc) is 3.05. The lowest BCUT2D eigenvalue weighted by Crippen LogP contribution is -2.27. The predicted octanol–water partition coefficient (Wildman–Crippen LogP) is 2.63. The second kappa shape index (κ2) is 37.7. The van der Waals surface area contributed by atoms with Gasteiger partial charge in [0.25, 0.3) is 0 Å². The number of ether oxygens (including phenoxy) is 13. The Labute approximate surface area is 294 Å². The molecule has 0 rings (SSSR count). The van der Waals surface area contributed by atoms with Crippen LogP contribution in [0.2, 0.25) is 0 Å². The van der Waals surface area contributed by atoms with Gasteiger partial charge in [-0.25, -0.2) is 4.79 Å². The maximum Gasteiger partial charge on any atom is 0.332 e. The Balaban J connectivity index is 3.12. The number of hydrogen-bond donors (Lipinski definition) is 0. The van der Waals surface area contributed by atoms with Crippen LogP contribution >= 0.6 is 0 Å². The van der Waals surface area contributed by atoms with Crippen molar-refractivity contribution in [2.24, 2.45) is 0 Å².